The molecule has 2 heterocycles. The molecule has 1 N–H and O–H groups in total. The van der Waals surface area contributed by atoms with Crippen molar-refractivity contribution < 1.29 is 4.79 Å². The van der Waals surface area contributed by atoms with Crippen molar-refractivity contribution in [2.45, 2.75) is 26.8 Å². The number of hydrogen-bond donors (Lipinski definition) is 1. The summed E-state index contributed by atoms with van der Waals surface area (Å²) in [5, 5.41) is 3.50. The summed E-state index contributed by atoms with van der Waals surface area (Å²) in [7, 11) is 0. The second kappa shape index (κ2) is 7.02. The third-order valence-corrected chi connectivity index (χ3v) is 5.70. The molecule has 124 valence electrons. The monoisotopic (exact) mass is 453 g/mol. The molecule has 0 fully saturated rings. The van der Waals surface area contributed by atoms with Gasteiger partial charge in [0.1, 0.15) is 4.83 Å². The molecular formula is C17H16IN3O2S. The number of carbonyl (C=O) groups is 1. The van der Waals surface area contributed by atoms with Crippen molar-refractivity contribution in [1.29, 1.82) is 0 Å². The molecule has 3 rings (SSSR count). The quantitative estimate of drug-likeness (QED) is 0.613. The normalized spacial score (nSPS) is 11.0. The van der Waals surface area contributed by atoms with E-state index in [0.29, 0.717) is 11.9 Å². The van der Waals surface area contributed by atoms with Crippen LogP contribution in [0.2, 0.25) is 0 Å². The summed E-state index contributed by atoms with van der Waals surface area (Å²) in [6, 6.07) is 7.58. The largest absolute Gasteiger partial charge is 0.326 e. The first-order chi connectivity index (χ1) is 11.5. The highest BCUT2D eigenvalue weighted by Crippen LogP contribution is 2.25. The first-order valence-electron chi connectivity index (χ1n) is 7.46. The predicted molar refractivity (Wildman–Crippen MR) is 106 cm³/mol. The van der Waals surface area contributed by atoms with Crippen molar-refractivity contribution >= 4 is 55.7 Å². The minimum atomic E-state index is -0.124. The van der Waals surface area contributed by atoms with Gasteiger partial charge < -0.3 is 5.32 Å². The van der Waals surface area contributed by atoms with Gasteiger partial charge in [-0.2, -0.15) is 0 Å². The van der Waals surface area contributed by atoms with E-state index in [1.165, 1.54) is 22.2 Å². The van der Waals surface area contributed by atoms with Crippen molar-refractivity contribution in [3.05, 3.63) is 55.0 Å². The lowest BCUT2D eigenvalue weighted by atomic mass is 10.2. The number of aromatic nitrogens is 2. The molecule has 0 unspecified atom stereocenters. The lowest BCUT2D eigenvalue weighted by molar-refractivity contribution is -0.116. The Morgan fingerprint density at radius 1 is 1.29 bits per heavy atom. The zero-order valence-corrected chi connectivity index (χ0v) is 16.3. The van der Waals surface area contributed by atoms with Crippen LogP contribution in [0.5, 0.6) is 0 Å². The van der Waals surface area contributed by atoms with Gasteiger partial charge in [0.25, 0.3) is 5.56 Å². The molecular weight excluding hydrogens is 437 g/mol. The zero-order chi connectivity index (χ0) is 17.3. The molecule has 24 heavy (non-hydrogen) atoms. The predicted octanol–water partition coefficient (Wildman–Crippen LogP) is 3.71. The number of halogens is 1. The van der Waals surface area contributed by atoms with Gasteiger partial charge in [-0.05, 0) is 66.3 Å². The lowest BCUT2D eigenvalue weighted by Gasteiger charge is -2.07. The number of fused-ring (bicyclic) bond motifs is 1. The van der Waals surface area contributed by atoms with Gasteiger partial charge in [0.05, 0.1) is 11.7 Å². The van der Waals surface area contributed by atoms with E-state index in [4.69, 9.17) is 0 Å². The molecule has 0 atom stereocenters. The third-order valence-electron chi connectivity index (χ3n) is 3.86. The van der Waals surface area contributed by atoms with Crippen LogP contribution in [-0.2, 0) is 11.3 Å². The van der Waals surface area contributed by atoms with Crippen LogP contribution < -0.4 is 10.9 Å². The number of nitrogens with zero attached hydrogens (tertiary/aromatic N) is 2. The Balaban J connectivity index is 1.72. The van der Waals surface area contributed by atoms with E-state index in [2.05, 4.69) is 32.9 Å². The summed E-state index contributed by atoms with van der Waals surface area (Å²) in [6.45, 7) is 4.23. The van der Waals surface area contributed by atoms with Crippen LogP contribution in [0, 0.1) is 17.4 Å². The molecule has 7 heteroatoms. The van der Waals surface area contributed by atoms with E-state index >= 15 is 0 Å². The number of hydrogen-bond acceptors (Lipinski definition) is 4. The van der Waals surface area contributed by atoms with Gasteiger partial charge >= 0.3 is 0 Å². The van der Waals surface area contributed by atoms with E-state index in [9.17, 15) is 9.59 Å². The zero-order valence-electron chi connectivity index (χ0n) is 13.3. The fourth-order valence-electron chi connectivity index (χ4n) is 2.41. The number of benzene rings is 1. The highest BCUT2D eigenvalue weighted by Gasteiger charge is 2.12. The number of carbonyl (C=O) groups excluding carboxylic acids is 1. The Morgan fingerprint density at radius 3 is 2.71 bits per heavy atom. The van der Waals surface area contributed by atoms with Crippen molar-refractivity contribution in [3.8, 4) is 0 Å². The van der Waals surface area contributed by atoms with Crippen molar-refractivity contribution in [2.75, 3.05) is 5.32 Å². The molecule has 0 bridgehead atoms. The average molecular weight is 453 g/mol. The van der Waals surface area contributed by atoms with Gasteiger partial charge in [-0.25, -0.2) is 4.98 Å². The molecule has 1 amide bonds. The second-order valence-electron chi connectivity index (χ2n) is 5.51. The van der Waals surface area contributed by atoms with Crippen LogP contribution in [0.15, 0.2) is 35.4 Å². The summed E-state index contributed by atoms with van der Waals surface area (Å²) < 4.78 is 2.62. The Morgan fingerprint density at radius 2 is 2.00 bits per heavy atom. The Hall–Kier alpha value is -1.74. The summed E-state index contributed by atoms with van der Waals surface area (Å²) >= 11 is 3.74. The number of thiophene rings is 1. The molecule has 0 radical (unpaired) electrons. The molecule has 2 aromatic heterocycles. The van der Waals surface area contributed by atoms with E-state index < -0.39 is 0 Å². The minimum absolute atomic E-state index is 0.0797. The Kier molecular flexibility index (Phi) is 5.00. The van der Waals surface area contributed by atoms with Crippen LogP contribution in [0.1, 0.15) is 16.9 Å². The summed E-state index contributed by atoms with van der Waals surface area (Å²) in [5.41, 5.74) is 1.65. The standard InChI is InChI=1S/C17H16IN3O2S/c1-10-11(2)24-16-15(10)17(23)21(9-19-16)8-7-14(22)20-13-5-3-12(18)4-6-13/h3-6,9H,7-8H2,1-2H3,(H,20,22). The third kappa shape index (κ3) is 3.51. The number of amides is 1. The number of aryl methyl sites for hydroxylation is 3. The molecule has 5 nitrogen and oxygen atoms in total. The number of rotatable bonds is 4. The molecule has 0 saturated heterocycles. The highest BCUT2D eigenvalue weighted by molar-refractivity contribution is 14.1. The van der Waals surface area contributed by atoms with Gasteiger partial charge in [-0.3, -0.25) is 14.2 Å². The maximum atomic E-state index is 12.6. The fraction of sp³-hybridized carbons (Fsp3) is 0.235. The van der Waals surface area contributed by atoms with E-state index in [1.54, 1.807) is 0 Å². The molecule has 0 aliphatic carbocycles. The van der Waals surface area contributed by atoms with Crippen molar-refractivity contribution in [1.82, 2.24) is 9.55 Å². The molecule has 3 aromatic rings. The van der Waals surface area contributed by atoms with Gasteiger partial charge in [0, 0.05) is 27.1 Å². The van der Waals surface area contributed by atoms with Gasteiger partial charge in [0.2, 0.25) is 5.91 Å². The van der Waals surface area contributed by atoms with E-state index in [0.717, 1.165) is 24.5 Å². The maximum absolute atomic E-state index is 12.6. The fourth-order valence-corrected chi connectivity index (χ4v) is 3.76. The van der Waals surface area contributed by atoms with E-state index in [1.807, 2.05) is 38.1 Å². The number of nitrogens with one attached hydrogen (secondary N) is 1. The molecule has 0 aliphatic heterocycles. The van der Waals surface area contributed by atoms with Gasteiger partial charge in [-0.1, -0.05) is 0 Å². The Labute approximate surface area is 156 Å². The van der Waals surface area contributed by atoms with Gasteiger partial charge in [-0.15, -0.1) is 11.3 Å². The summed E-state index contributed by atoms with van der Waals surface area (Å²) in [6.07, 6.45) is 1.75. The topological polar surface area (TPSA) is 64.0 Å². The minimum Gasteiger partial charge on any atom is -0.326 e. The smallest absolute Gasteiger partial charge is 0.262 e. The molecule has 0 saturated carbocycles. The molecule has 0 spiro atoms. The first-order valence-corrected chi connectivity index (χ1v) is 9.36. The van der Waals surface area contributed by atoms with Crippen LogP contribution in [0.3, 0.4) is 0 Å². The first kappa shape index (κ1) is 17.1. The highest BCUT2D eigenvalue weighted by atomic mass is 127. The van der Waals surface area contributed by atoms with Gasteiger partial charge in [0.15, 0.2) is 0 Å². The van der Waals surface area contributed by atoms with Crippen LogP contribution in [0.25, 0.3) is 10.2 Å². The number of anilines is 1. The van der Waals surface area contributed by atoms with Crippen molar-refractivity contribution in [3.63, 3.8) is 0 Å². The average Bonchev–Trinajstić information content (AvgIpc) is 2.84. The van der Waals surface area contributed by atoms with Crippen LogP contribution in [0.4, 0.5) is 5.69 Å². The second-order valence-corrected chi connectivity index (χ2v) is 7.96. The SMILES string of the molecule is Cc1sc2ncn(CCC(=O)Nc3ccc(I)cc3)c(=O)c2c1C. The molecule has 1 aromatic carbocycles. The van der Waals surface area contributed by atoms with Crippen molar-refractivity contribution in [2.24, 2.45) is 0 Å². The summed E-state index contributed by atoms with van der Waals surface area (Å²) in [5.74, 6) is -0.124. The maximum Gasteiger partial charge on any atom is 0.262 e. The summed E-state index contributed by atoms with van der Waals surface area (Å²) in [4.78, 5) is 30.8. The van der Waals surface area contributed by atoms with Crippen LogP contribution in [-0.4, -0.2) is 15.5 Å². The Bertz CT molecular complexity index is 960. The lowest BCUT2D eigenvalue weighted by Crippen LogP contribution is -2.23. The molecule has 0 aliphatic rings. The van der Waals surface area contributed by atoms with E-state index in [-0.39, 0.29) is 17.9 Å². The van der Waals surface area contributed by atoms with Crippen LogP contribution >= 0.6 is 33.9 Å².